The van der Waals surface area contributed by atoms with E-state index < -0.39 is 0 Å². The highest BCUT2D eigenvalue weighted by atomic mass is 16.5. The summed E-state index contributed by atoms with van der Waals surface area (Å²) in [6.07, 6.45) is 5.99. The molecule has 0 bridgehead atoms. The number of carbonyl (C=O) groups is 1. The third-order valence-corrected chi connectivity index (χ3v) is 6.20. The SMILES string of the molecule is COc1ccc(CCC2CCN(C(=O)C3(CN)CCOCC3)CC2)cc1. The molecule has 5 heteroatoms. The number of ether oxygens (including phenoxy) is 2. The van der Waals surface area contributed by atoms with Crippen molar-refractivity contribution in [2.45, 2.75) is 38.5 Å². The van der Waals surface area contributed by atoms with Crippen molar-refractivity contribution in [2.24, 2.45) is 17.1 Å². The van der Waals surface area contributed by atoms with Crippen LogP contribution in [0.25, 0.3) is 0 Å². The van der Waals surface area contributed by atoms with Gasteiger partial charge in [-0.1, -0.05) is 12.1 Å². The molecule has 0 aliphatic carbocycles. The molecule has 2 saturated heterocycles. The Hall–Kier alpha value is -1.59. The van der Waals surface area contributed by atoms with Crippen LogP contribution in [0.1, 0.15) is 37.7 Å². The first-order chi connectivity index (χ1) is 12.7. The van der Waals surface area contributed by atoms with Gasteiger partial charge in [-0.3, -0.25) is 4.79 Å². The molecular weight excluding hydrogens is 328 g/mol. The quantitative estimate of drug-likeness (QED) is 0.847. The third-order valence-electron chi connectivity index (χ3n) is 6.20. The van der Waals surface area contributed by atoms with Crippen molar-refractivity contribution in [2.75, 3.05) is 40.0 Å². The zero-order chi connectivity index (χ0) is 18.4. The molecule has 2 heterocycles. The van der Waals surface area contributed by atoms with Crippen molar-refractivity contribution in [3.8, 4) is 5.75 Å². The molecule has 0 spiro atoms. The van der Waals surface area contributed by atoms with Crippen molar-refractivity contribution in [1.29, 1.82) is 0 Å². The number of nitrogens with zero attached hydrogens (tertiary/aromatic N) is 1. The third kappa shape index (κ3) is 4.38. The van der Waals surface area contributed by atoms with Crippen molar-refractivity contribution in [3.63, 3.8) is 0 Å². The van der Waals surface area contributed by atoms with E-state index in [0.717, 1.165) is 50.9 Å². The van der Waals surface area contributed by atoms with Crippen molar-refractivity contribution < 1.29 is 14.3 Å². The van der Waals surface area contributed by atoms with Gasteiger partial charge in [0.05, 0.1) is 12.5 Å². The topological polar surface area (TPSA) is 64.8 Å². The Balaban J connectivity index is 1.46. The van der Waals surface area contributed by atoms with Crippen LogP contribution in [0.2, 0.25) is 0 Å². The number of rotatable bonds is 6. The van der Waals surface area contributed by atoms with Gasteiger partial charge < -0.3 is 20.1 Å². The number of nitrogens with two attached hydrogens (primary N) is 1. The number of hydrogen-bond acceptors (Lipinski definition) is 4. The Bertz CT molecular complexity index is 573. The number of carbonyl (C=O) groups excluding carboxylic acids is 1. The second-order valence-corrected chi connectivity index (χ2v) is 7.72. The van der Waals surface area contributed by atoms with Crippen LogP contribution in [0.15, 0.2) is 24.3 Å². The van der Waals surface area contributed by atoms with Crippen LogP contribution in [-0.2, 0) is 16.0 Å². The number of methoxy groups -OCH3 is 1. The highest BCUT2D eigenvalue weighted by Gasteiger charge is 2.42. The smallest absolute Gasteiger partial charge is 0.230 e. The highest BCUT2D eigenvalue weighted by molar-refractivity contribution is 5.83. The normalized spacial score (nSPS) is 20.8. The second kappa shape index (κ2) is 8.87. The minimum Gasteiger partial charge on any atom is -0.497 e. The number of aryl methyl sites for hydroxylation is 1. The predicted octanol–water partition coefficient (Wildman–Crippen LogP) is 2.62. The monoisotopic (exact) mass is 360 g/mol. The molecule has 2 aliphatic rings. The summed E-state index contributed by atoms with van der Waals surface area (Å²) in [5.41, 5.74) is 6.97. The average Bonchev–Trinajstić information content (AvgIpc) is 2.73. The fraction of sp³-hybridized carbons (Fsp3) is 0.667. The van der Waals surface area contributed by atoms with E-state index in [1.54, 1.807) is 7.11 Å². The standard InChI is InChI=1S/C21H32N2O3/c1-25-19-6-4-17(5-7-19)2-3-18-8-12-23(13-9-18)20(24)21(16-22)10-14-26-15-11-21/h4-7,18H,2-3,8-16,22H2,1H3. The maximum atomic E-state index is 13.0. The highest BCUT2D eigenvalue weighted by Crippen LogP contribution is 2.33. The van der Waals surface area contributed by atoms with Crippen LogP contribution >= 0.6 is 0 Å². The molecular formula is C21H32N2O3. The summed E-state index contributed by atoms with van der Waals surface area (Å²) in [4.78, 5) is 15.1. The molecule has 1 aromatic carbocycles. The van der Waals surface area contributed by atoms with E-state index in [9.17, 15) is 4.79 Å². The second-order valence-electron chi connectivity index (χ2n) is 7.72. The summed E-state index contributed by atoms with van der Waals surface area (Å²) in [6.45, 7) is 3.48. The molecule has 26 heavy (non-hydrogen) atoms. The molecule has 2 fully saturated rings. The molecule has 144 valence electrons. The number of likely N-dealkylation sites (tertiary alicyclic amines) is 1. The number of piperidine rings is 1. The van der Waals surface area contributed by atoms with Crippen molar-refractivity contribution in [3.05, 3.63) is 29.8 Å². The van der Waals surface area contributed by atoms with Gasteiger partial charge >= 0.3 is 0 Å². The minimum atomic E-state index is -0.381. The molecule has 0 atom stereocenters. The molecule has 3 rings (SSSR count). The molecule has 2 N–H and O–H groups in total. The van der Waals surface area contributed by atoms with Crippen molar-refractivity contribution in [1.82, 2.24) is 4.90 Å². The van der Waals surface area contributed by atoms with E-state index in [4.69, 9.17) is 15.2 Å². The molecule has 0 saturated carbocycles. The summed E-state index contributed by atoms with van der Waals surface area (Å²) in [5.74, 6) is 1.86. The van der Waals surface area contributed by atoms with E-state index in [1.807, 2.05) is 12.1 Å². The predicted molar refractivity (Wildman–Crippen MR) is 102 cm³/mol. The van der Waals surface area contributed by atoms with Crippen LogP contribution in [0.3, 0.4) is 0 Å². The maximum Gasteiger partial charge on any atom is 0.230 e. The molecule has 0 aromatic heterocycles. The van der Waals surface area contributed by atoms with Gasteiger partial charge in [-0.05, 0) is 62.1 Å². The molecule has 0 unspecified atom stereocenters. The van der Waals surface area contributed by atoms with E-state index in [2.05, 4.69) is 17.0 Å². The first-order valence-corrected chi connectivity index (χ1v) is 9.87. The van der Waals surface area contributed by atoms with E-state index in [1.165, 1.54) is 12.0 Å². The average molecular weight is 360 g/mol. The van der Waals surface area contributed by atoms with Gasteiger partial charge in [0.1, 0.15) is 5.75 Å². The lowest BCUT2D eigenvalue weighted by atomic mass is 9.78. The van der Waals surface area contributed by atoms with Gasteiger partial charge in [-0.25, -0.2) is 0 Å². The molecule has 1 aromatic rings. The van der Waals surface area contributed by atoms with Gasteiger partial charge in [0.15, 0.2) is 0 Å². The van der Waals surface area contributed by atoms with Gasteiger partial charge in [-0.15, -0.1) is 0 Å². The lowest BCUT2D eigenvalue weighted by Crippen LogP contribution is -2.52. The van der Waals surface area contributed by atoms with Gasteiger partial charge in [0.25, 0.3) is 0 Å². The summed E-state index contributed by atoms with van der Waals surface area (Å²) in [7, 11) is 1.69. The summed E-state index contributed by atoms with van der Waals surface area (Å²) in [6, 6.07) is 8.34. The number of hydrogen-bond donors (Lipinski definition) is 1. The summed E-state index contributed by atoms with van der Waals surface area (Å²) >= 11 is 0. The number of amides is 1. The Labute approximate surface area is 156 Å². The fourth-order valence-electron chi connectivity index (χ4n) is 4.19. The minimum absolute atomic E-state index is 0.261. The van der Waals surface area contributed by atoms with Crippen LogP contribution in [0.4, 0.5) is 0 Å². The van der Waals surface area contributed by atoms with Crippen LogP contribution in [-0.4, -0.2) is 50.8 Å². The van der Waals surface area contributed by atoms with Gasteiger partial charge in [0.2, 0.25) is 5.91 Å². The first-order valence-electron chi connectivity index (χ1n) is 9.87. The summed E-state index contributed by atoms with van der Waals surface area (Å²) in [5, 5.41) is 0. The summed E-state index contributed by atoms with van der Waals surface area (Å²) < 4.78 is 10.6. The van der Waals surface area contributed by atoms with E-state index in [0.29, 0.717) is 25.7 Å². The van der Waals surface area contributed by atoms with Crippen LogP contribution in [0.5, 0.6) is 5.75 Å². The van der Waals surface area contributed by atoms with Crippen LogP contribution < -0.4 is 10.5 Å². The van der Waals surface area contributed by atoms with Gasteiger partial charge in [0, 0.05) is 32.8 Å². The van der Waals surface area contributed by atoms with E-state index >= 15 is 0 Å². The molecule has 1 amide bonds. The maximum absolute atomic E-state index is 13.0. The molecule has 2 aliphatic heterocycles. The molecule has 5 nitrogen and oxygen atoms in total. The van der Waals surface area contributed by atoms with Crippen LogP contribution in [0, 0.1) is 11.3 Å². The van der Waals surface area contributed by atoms with E-state index in [-0.39, 0.29) is 11.3 Å². The lowest BCUT2D eigenvalue weighted by molar-refractivity contribution is -0.148. The Morgan fingerprint density at radius 3 is 2.46 bits per heavy atom. The number of benzene rings is 1. The zero-order valence-electron chi connectivity index (χ0n) is 15.9. The Morgan fingerprint density at radius 1 is 1.23 bits per heavy atom. The largest absolute Gasteiger partial charge is 0.497 e. The fourth-order valence-corrected chi connectivity index (χ4v) is 4.19. The zero-order valence-corrected chi connectivity index (χ0v) is 15.9. The van der Waals surface area contributed by atoms with Crippen molar-refractivity contribution >= 4 is 5.91 Å². The lowest BCUT2D eigenvalue weighted by Gasteiger charge is -2.41. The Morgan fingerprint density at radius 2 is 1.88 bits per heavy atom. The first kappa shape index (κ1) is 19.2. The van der Waals surface area contributed by atoms with Gasteiger partial charge in [-0.2, -0.15) is 0 Å². The Kier molecular flexibility index (Phi) is 6.54. The molecule has 0 radical (unpaired) electrons.